The molecule has 0 fully saturated rings. The molecule has 26 heavy (non-hydrogen) atoms. The second-order valence-electron chi connectivity index (χ2n) is 6.40. The number of anilines is 1. The van der Waals surface area contributed by atoms with Crippen molar-refractivity contribution in [3.05, 3.63) is 59.7 Å². The molecule has 0 unspecified atom stereocenters. The number of carbonyl (C=O) groups is 1. The number of halogens is 2. The zero-order valence-corrected chi connectivity index (χ0v) is 15.2. The van der Waals surface area contributed by atoms with Gasteiger partial charge >= 0.3 is 6.61 Å². The lowest BCUT2D eigenvalue weighted by Gasteiger charge is -2.20. The first-order valence-corrected chi connectivity index (χ1v) is 8.46. The number of carbonyl (C=O) groups excluding carboxylic acids is 1. The molecular weight excluding hydrogens is 338 g/mol. The summed E-state index contributed by atoms with van der Waals surface area (Å²) in [6.07, 6.45) is 0. The van der Waals surface area contributed by atoms with E-state index in [-0.39, 0.29) is 18.2 Å². The van der Waals surface area contributed by atoms with Crippen LogP contribution in [0.5, 0.6) is 5.75 Å². The maximum atomic E-state index is 12.2. The molecule has 0 spiro atoms. The molecule has 2 aromatic rings. The SMILES string of the molecule is CC(C)c1cccc(N(C)CC(=O)NCc2ccc(OC(F)F)cc2)c1. The van der Waals surface area contributed by atoms with Gasteiger partial charge in [0.1, 0.15) is 5.75 Å². The number of nitrogens with one attached hydrogen (secondary N) is 1. The average molecular weight is 362 g/mol. The highest BCUT2D eigenvalue weighted by molar-refractivity contribution is 5.81. The Morgan fingerprint density at radius 2 is 1.85 bits per heavy atom. The lowest BCUT2D eigenvalue weighted by atomic mass is 10.0. The number of hydrogen-bond acceptors (Lipinski definition) is 3. The standard InChI is InChI=1S/C20H24F2N2O2/c1-14(2)16-5-4-6-17(11-16)24(3)13-19(25)23-12-15-7-9-18(10-8-15)26-20(21)22/h4-11,14,20H,12-13H2,1-3H3,(H,23,25). The van der Waals surface area contributed by atoms with Gasteiger partial charge < -0.3 is 15.0 Å². The van der Waals surface area contributed by atoms with Gasteiger partial charge in [-0.1, -0.05) is 38.1 Å². The fourth-order valence-electron chi connectivity index (χ4n) is 2.47. The first-order valence-electron chi connectivity index (χ1n) is 8.46. The molecule has 0 aliphatic heterocycles. The monoisotopic (exact) mass is 362 g/mol. The fourth-order valence-corrected chi connectivity index (χ4v) is 2.47. The van der Waals surface area contributed by atoms with Crippen LogP contribution in [-0.2, 0) is 11.3 Å². The summed E-state index contributed by atoms with van der Waals surface area (Å²) < 4.78 is 28.5. The summed E-state index contributed by atoms with van der Waals surface area (Å²) in [4.78, 5) is 14.0. The number of benzene rings is 2. The van der Waals surface area contributed by atoms with Gasteiger partial charge in [0.15, 0.2) is 0 Å². The normalized spacial score (nSPS) is 10.9. The van der Waals surface area contributed by atoms with E-state index in [2.05, 4.69) is 36.0 Å². The van der Waals surface area contributed by atoms with Crippen LogP contribution >= 0.6 is 0 Å². The van der Waals surface area contributed by atoms with Gasteiger partial charge in [-0.3, -0.25) is 4.79 Å². The van der Waals surface area contributed by atoms with Crippen molar-refractivity contribution in [3.63, 3.8) is 0 Å². The van der Waals surface area contributed by atoms with Gasteiger partial charge in [0.25, 0.3) is 0 Å². The highest BCUT2D eigenvalue weighted by Crippen LogP contribution is 2.20. The molecule has 2 aromatic carbocycles. The van der Waals surface area contributed by atoms with E-state index in [9.17, 15) is 13.6 Å². The Balaban J connectivity index is 1.85. The van der Waals surface area contributed by atoms with Crippen molar-refractivity contribution >= 4 is 11.6 Å². The summed E-state index contributed by atoms with van der Waals surface area (Å²) in [6, 6.07) is 14.3. The second kappa shape index (κ2) is 9.17. The number of nitrogens with zero attached hydrogens (tertiary/aromatic N) is 1. The van der Waals surface area contributed by atoms with Gasteiger partial charge in [-0.2, -0.15) is 8.78 Å². The third-order valence-corrected chi connectivity index (χ3v) is 4.00. The minimum absolute atomic E-state index is 0.0971. The van der Waals surface area contributed by atoms with Crippen LogP contribution in [0.25, 0.3) is 0 Å². The Morgan fingerprint density at radius 1 is 1.15 bits per heavy atom. The summed E-state index contributed by atoms with van der Waals surface area (Å²) in [5, 5.41) is 2.83. The maximum Gasteiger partial charge on any atom is 0.387 e. The first kappa shape index (κ1) is 19.7. The van der Waals surface area contributed by atoms with Crippen LogP contribution in [0.3, 0.4) is 0 Å². The summed E-state index contributed by atoms with van der Waals surface area (Å²) in [5.74, 6) is 0.407. The lowest BCUT2D eigenvalue weighted by Crippen LogP contribution is -2.34. The Hall–Kier alpha value is -2.63. The molecule has 0 aliphatic carbocycles. The van der Waals surface area contributed by atoms with E-state index in [0.717, 1.165) is 11.3 Å². The minimum Gasteiger partial charge on any atom is -0.435 e. The smallest absolute Gasteiger partial charge is 0.387 e. The number of hydrogen-bond donors (Lipinski definition) is 1. The zero-order valence-electron chi connectivity index (χ0n) is 15.2. The molecule has 0 saturated carbocycles. The number of amides is 1. The summed E-state index contributed by atoms with van der Waals surface area (Å²) in [6.45, 7) is 1.97. The molecule has 0 aliphatic rings. The zero-order chi connectivity index (χ0) is 19.1. The van der Waals surface area contributed by atoms with Crippen molar-refractivity contribution in [2.24, 2.45) is 0 Å². The van der Waals surface area contributed by atoms with Gasteiger partial charge in [-0.15, -0.1) is 0 Å². The van der Waals surface area contributed by atoms with Gasteiger partial charge in [-0.05, 0) is 41.3 Å². The molecule has 4 nitrogen and oxygen atoms in total. The highest BCUT2D eigenvalue weighted by atomic mass is 19.3. The third-order valence-electron chi connectivity index (χ3n) is 4.00. The quantitative estimate of drug-likeness (QED) is 0.767. The van der Waals surface area contributed by atoms with Gasteiger partial charge in [-0.25, -0.2) is 0 Å². The average Bonchev–Trinajstić information content (AvgIpc) is 2.60. The fraction of sp³-hybridized carbons (Fsp3) is 0.350. The summed E-state index contributed by atoms with van der Waals surface area (Å²) >= 11 is 0. The lowest BCUT2D eigenvalue weighted by molar-refractivity contribution is -0.119. The number of likely N-dealkylation sites (N-methyl/N-ethyl adjacent to an activating group) is 1. The Kier molecular flexibility index (Phi) is 6.95. The van der Waals surface area contributed by atoms with E-state index < -0.39 is 6.61 Å². The van der Waals surface area contributed by atoms with Crippen LogP contribution < -0.4 is 15.0 Å². The molecule has 1 N–H and O–H groups in total. The van der Waals surface area contributed by atoms with Crippen molar-refractivity contribution in [2.45, 2.75) is 32.9 Å². The van der Waals surface area contributed by atoms with Crippen LogP contribution in [0.1, 0.15) is 30.9 Å². The third kappa shape index (κ3) is 6.02. The van der Waals surface area contributed by atoms with E-state index in [1.807, 2.05) is 24.1 Å². The predicted octanol–water partition coefficient (Wildman–Crippen LogP) is 4.16. The van der Waals surface area contributed by atoms with E-state index in [0.29, 0.717) is 12.5 Å². The van der Waals surface area contributed by atoms with Crippen molar-refractivity contribution < 1.29 is 18.3 Å². The molecule has 0 atom stereocenters. The molecule has 0 saturated heterocycles. The van der Waals surface area contributed by atoms with Crippen molar-refractivity contribution in [1.82, 2.24) is 5.32 Å². The molecule has 0 aromatic heterocycles. The Bertz CT molecular complexity index is 718. The van der Waals surface area contributed by atoms with Crippen molar-refractivity contribution in [2.75, 3.05) is 18.5 Å². The van der Waals surface area contributed by atoms with Crippen LogP contribution in [0.2, 0.25) is 0 Å². The van der Waals surface area contributed by atoms with Crippen molar-refractivity contribution in [3.8, 4) is 5.75 Å². The minimum atomic E-state index is -2.84. The van der Waals surface area contributed by atoms with Crippen LogP contribution in [-0.4, -0.2) is 26.1 Å². The van der Waals surface area contributed by atoms with E-state index in [1.54, 1.807) is 12.1 Å². The van der Waals surface area contributed by atoms with Gasteiger partial charge in [0.05, 0.1) is 6.54 Å². The Morgan fingerprint density at radius 3 is 2.46 bits per heavy atom. The highest BCUT2D eigenvalue weighted by Gasteiger charge is 2.09. The molecule has 2 rings (SSSR count). The molecule has 140 valence electrons. The number of rotatable bonds is 8. The molecule has 1 amide bonds. The van der Waals surface area contributed by atoms with E-state index >= 15 is 0 Å². The molecular formula is C20H24F2N2O2. The first-order chi connectivity index (χ1) is 12.3. The number of ether oxygens (including phenoxy) is 1. The van der Waals surface area contributed by atoms with Gasteiger partial charge in [0, 0.05) is 19.3 Å². The van der Waals surface area contributed by atoms with Gasteiger partial charge in [0.2, 0.25) is 5.91 Å². The van der Waals surface area contributed by atoms with Crippen molar-refractivity contribution in [1.29, 1.82) is 0 Å². The maximum absolute atomic E-state index is 12.2. The predicted molar refractivity (Wildman–Crippen MR) is 98.7 cm³/mol. The Labute approximate surface area is 152 Å². The molecule has 0 bridgehead atoms. The topological polar surface area (TPSA) is 41.6 Å². The van der Waals surface area contributed by atoms with Crippen LogP contribution in [0.15, 0.2) is 48.5 Å². The summed E-state index contributed by atoms with van der Waals surface area (Å²) in [7, 11) is 1.87. The van der Waals surface area contributed by atoms with Crippen LogP contribution in [0, 0.1) is 0 Å². The molecule has 0 radical (unpaired) electrons. The molecule has 0 heterocycles. The second-order valence-corrected chi connectivity index (χ2v) is 6.40. The van der Waals surface area contributed by atoms with E-state index in [4.69, 9.17) is 0 Å². The molecule has 6 heteroatoms. The largest absolute Gasteiger partial charge is 0.435 e. The van der Waals surface area contributed by atoms with Crippen LogP contribution in [0.4, 0.5) is 14.5 Å². The van der Waals surface area contributed by atoms with E-state index in [1.165, 1.54) is 17.7 Å². The summed E-state index contributed by atoms with van der Waals surface area (Å²) in [5.41, 5.74) is 3.02. The number of alkyl halides is 2.